The Labute approximate surface area is 175 Å². The molecule has 11 heteroatoms. The number of carbonyl (C=O) groups is 1. The molecule has 0 aliphatic carbocycles. The molecule has 0 bridgehead atoms. The molecule has 4 heterocycles. The van der Waals surface area contributed by atoms with E-state index in [0.29, 0.717) is 17.9 Å². The average Bonchev–Trinajstić information content (AvgIpc) is 3.40. The first kappa shape index (κ1) is 20.0. The van der Waals surface area contributed by atoms with Crippen molar-refractivity contribution in [3.05, 3.63) is 47.4 Å². The predicted octanol–water partition coefficient (Wildman–Crippen LogP) is 2.00. The minimum Gasteiger partial charge on any atom is -0.334 e. The van der Waals surface area contributed by atoms with E-state index in [0.717, 1.165) is 43.8 Å². The van der Waals surface area contributed by atoms with Crippen LogP contribution in [-0.4, -0.2) is 46.9 Å². The molecule has 31 heavy (non-hydrogen) atoms. The van der Waals surface area contributed by atoms with Gasteiger partial charge in [-0.25, -0.2) is 5.43 Å². The molecule has 8 nitrogen and oxygen atoms in total. The number of fused-ring (bicyclic) bond motifs is 1. The predicted molar refractivity (Wildman–Crippen MR) is 103 cm³/mol. The molecule has 5 rings (SSSR count). The van der Waals surface area contributed by atoms with Gasteiger partial charge in [-0.3, -0.25) is 9.80 Å². The van der Waals surface area contributed by atoms with Crippen molar-refractivity contribution < 1.29 is 22.5 Å². The van der Waals surface area contributed by atoms with E-state index in [9.17, 15) is 18.0 Å². The molecule has 2 saturated heterocycles. The molecular formula is C20H21F3N6O2. The van der Waals surface area contributed by atoms with Crippen molar-refractivity contribution in [1.82, 2.24) is 31.2 Å². The first-order valence-corrected chi connectivity index (χ1v) is 10.2. The molecule has 3 N–H and O–H groups in total. The number of nitrogens with one attached hydrogen (secondary N) is 3. The lowest BCUT2D eigenvalue weighted by molar-refractivity contribution is -0.137. The Morgan fingerprint density at radius 3 is 2.58 bits per heavy atom. The summed E-state index contributed by atoms with van der Waals surface area (Å²) in [5.41, 5.74) is 3.95. The standard InChI is InChI=1S/C20H21F3N6O2/c21-20(22,23)13-3-1-12(2-4-13)19-27-17(28-31-19)14-10-25-29-15(9-16(30)26-18(14)29)11-5-7-24-8-6-11/h1-4,9,11,14,18,24-25H,5-8,10H2,(H,26,30). The summed E-state index contributed by atoms with van der Waals surface area (Å²) in [6.45, 7) is 2.32. The van der Waals surface area contributed by atoms with Gasteiger partial charge in [-0.2, -0.15) is 18.2 Å². The second-order valence-corrected chi connectivity index (χ2v) is 7.92. The molecule has 1 amide bonds. The number of nitrogens with zero attached hydrogens (tertiary/aromatic N) is 3. The summed E-state index contributed by atoms with van der Waals surface area (Å²) in [6, 6.07) is 4.57. The minimum atomic E-state index is -4.41. The molecule has 0 spiro atoms. The monoisotopic (exact) mass is 434 g/mol. The quantitative estimate of drug-likeness (QED) is 0.680. The van der Waals surface area contributed by atoms with Gasteiger partial charge in [-0.05, 0) is 50.2 Å². The highest BCUT2D eigenvalue weighted by Gasteiger charge is 2.44. The highest BCUT2D eigenvalue weighted by atomic mass is 19.4. The van der Waals surface area contributed by atoms with Crippen LogP contribution in [0.15, 0.2) is 40.6 Å². The number of amides is 1. The SMILES string of the molecule is O=C1C=C(C2CCNCC2)N2NCC(c3noc(-c4ccc(C(F)(F)F)cc4)n3)C2N1. The molecule has 0 saturated carbocycles. The number of benzene rings is 1. The number of alkyl halides is 3. The summed E-state index contributed by atoms with van der Waals surface area (Å²) in [6.07, 6.45) is -1.22. The van der Waals surface area contributed by atoms with Crippen molar-refractivity contribution >= 4 is 5.91 Å². The van der Waals surface area contributed by atoms with Crippen LogP contribution in [0.3, 0.4) is 0 Å². The molecule has 0 radical (unpaired) electrons. The molecule has 3 aliphatic heterocycles. The van der Waals surface area contributed by atoms with Gasteiger partial charge in [-0.1, -0.05) is 5.16 Å². The van der Waals surface area contributed by atoms with E-state index in [2.05, 4.69) is 26.2 Å². The molecule has 2 aromatic rings. The molecule has 2 atom stereocenters. The van der Waals surface area contributed by atoms with E-state index in [1.54, 1.807) is 6.08 Å². The van der Waals surface area contributed by atoms with Crippen LogP contribution in [0.2, 0.25) is 0 Å². The number of carbonyl (C=O) groups excluding carboxylic acids is 1. The van der Waals surface area contributed by atoms with E-state index in [4.69, 9.17) is 4.52 Å². The van der Waals surface area contributed by atoms with Crippen molar-refractivity contribution in [2.24, 2.45) is 5.92 Å². The average molecular weight is 434 g/mol. The van der Waals surface area contributed by atoms with E-state index in [-0.39, 0.29) is 29.8 Å². The van der Waals surface area contributed by atoms with Gasteiger partial charge in [0.2, 0.25) is 5.91 Å². The molecule has 2 fully saturated rings. The van der Waals surface area contributed by atoms with Gasteiger partial charge < -0.3 is 15.2 Å². The summed E-state index contributed by atoms with van der Waals surface area (Å²) < 4.78 is 43.7. The van der Waals surface area contributed by atoms with Gasteiger partial charge in [0.15, 0.2) is 5.82 Å². The van der Waals surface area contributed by atoms with Gasteiger partial charge in [0.1, 0.15) is 6.17 Å². The number of piperidine rings is 1. The summed E-state index contributed by atoms with van der Waals surface area (Å²) in [4.78, 5) is 16.8. The van der Waals surface area contributed by atoms with Crippen LogP contribution in [-0.2, 0) is 11.0 Å². The fraction of sp³-hybridized carbons (Fsp3) is 0.450. The highest BCUT2D eigenvalue weighted by Crippen LogP contribution is 2.35. The van der Waals surface area contributed by atoms with Crippen LogP contribution in [0.25, 0.3) is 11.5 Å². The van der Waals surface area contributed by atoms with Crippen LogP contribution in [0, 0.1) is 5.92 Å². The Bertz CT molecular complexity index is 997. The first-order chi connectivity index (χ1) is 14.9. The summed E-state index contributed by atoms with van der Waals surface area (Å²) in [7, 11) is 0. The lowest BCUT2D eigenvalue weighted by Crippen LogP contribution is -2.54. The lowest BCUT2D eigenvalue weighted by Gasteiger charge is -2.38. The normalized spacial score (nSPS) is 24.7. The fourth-order valence-corrected chi connectivity index (χ4v) is 4.36. The zero-order chi connectivity index (χ0) is 21.6. The molecule has 2 unspecified atom stereocenters. The van der Waals surface area contributed by atoms with Crippen molar-refractivity contribution in [3.63, 3.8) is 0 Å². The second-order valence-electron chi connectivity index (χ2n) is 7.92. The molecule has 1 aromatic heterocycles. The van der Waals surface area contributed by atoms with Crippen LogP contribution < -0.4 is 16.1 Å². The Hall–Kier alpha value is -2.92. The fourth-order valence-electron chi connectivity index (χ4n) is 4.36. The van der Waals surface area contributed by atoms with Gasteiger partial charge in [0.25, 0.3) is 5.89 Å². The largest absolute Gasteiger partial charge is 0.416 e. The maximum atomic E-state index is 12.8. The smallest absolute Gasteiger partial charge is 0.334 e. The Balaban J connectivity index is 1.36. The third-order valence-electron chi connectivity index (χ3n) is 5.98. The summed E-state index contributed by atoms with van der Waals surface area (Å²) in [5, 5.41) is 12.3. The molecule has 164 valence electrons. The zero-order valence-electron chi connectivity index (χ0n) is 16.4. The second kappa shape index (κ2) is 7.65. The van der Waals surface area contributed by atoms with Crippen molar-refractivity contribution in [1.29, 1.82) is 0 Å². The van der Waals surface area contributed by atoms with Crippen LogP contribution >= 0.6 is 0 Å². The van der Waals surface area contributed by atoms with Crippen molar-refractivity contribution in [3.8, 4) is 11.5 Å². The number of halogens is 3. The molecular weight excluding hydrogens is 413 g/mol. The zero-order valence-corrected chi connectivity index (χ0v) is 16.4. The van der Waals surface area contributed by atoms with E-state index >= 15 is 0 Å². The number of rotatable bonds is 3. The van der Waals surface area contributed by atoms with E-state index < -0.39 is 11.7 Å². The van der Waals surface area contributed by atoms with E-state index in [1.807, 2.05) is 5.01 Å². The van der Waals surface area contributed by atoms with Gasteiger partial charge in [0, 0.05) is 29.8 Å². The van der Waals surface area contributed by atoms with Gasteiger partial charge in [-0.15, -0.1) is 0 Å². The summed E-state index contributed by atoms with van der Waals surface area (Å²) in [5.74, 6) is 0.394. The minimum absolute atomic E-state index is 0.137. The summed E-state index contributed by atoms with van der Waals surface area (Å²) >= 11 is 0. The van der Waals surface area contributed by atoms with Gasteiger partial charge in [0.05, 0.1) is 11.5 Å². The number of hydrazine groups is 1. The molecule has 3 aliphatic rings. The van der Waals surface area contributed by atoms with E-state index in [1.165, 1.54) is 12.1 Å². The number of allylic oxidation sites excluding steroid dienone is 1. The Morgan fingerprint density at radius 2 is 1.87 bits per heavy atom. The third kappa shape index (κ3) is 3.79. The van der Waals surface area contributed by atoms with Crippen molar-refractivity contribution in [2.45, 2.75) is 31.1 Å². The third-order valence-corrected chi connectivity index (χ3v) is 5.98. The van der Waals surface area contributed by atoms with Crippen LogP contribution in [0.1, 0.15) is 30.1 Å². The number of hydrogen-bond acceptors (Lipinski definition) is 7. The van der Waals surface area contributed by atoms with Gasteiger partial charge >= 0.3 is 6.18 Å². The Kier molecular flexibility index (Phi) is 4.94. The number of aromatic nitrogens is 2. The topological polar surface area (TPSA) is 95.3 Å². The Morgan fingerprint density at radius 1 is 1.13 bits per heavy atom. The maximum absolute atomic E-state index is 12.8. The first-order valence-electron chi connectivity index (χ1n) is 10.2. The maximum Gasteiger partial charge on any atom is 0.416 e. The van der Waals surface area contributed by atoms with Crippen molar-refractivity contribution in [2.75, 3.05) is 19.6 Å². The highest BCUT2D eigenvalue weighted by molar-refractivity contribution is 5.89. The number of hydrogen-bond donors (Lipinski definition) is 3. The lowest BCUT2D eigenvalue weighted by atomic mass is 9.92. The molecule has 1 aromatic carbocycles. The van der Waals surface area contributed by atoms with Crippen LogP contribution in [0.4, 0.5) is 13.2 Å². The van der Waals surface area contributed by atoms with Crippen LogP contribution in [0.5, 0.6) is 0 Å².